The van der Waals surface area contributed by atoms with Crippen LogP contribution in [0.25, 0.3) is 0 Å². The molecule has 0 aromatic carbocycles. The van der Waals surface area contributed by atoms with Crippen LogP contribution < -0.4 is 0 Å². The van der Waals surface area contributed by atoms with E-state index in [2.05, 4.69) is 13.8 Å². The van der Waals surface area contributed by atoms with Crippen molar-refractivity contribution in [1.29, 1.82) is 0 Å². The smallest absolute Gasteiger partial charge is 0.462 e. The predicted molar refractivity (Wildman–Crippen MR) is 175 cm³/mol. The lowest BCUT2D eigenvalue weighted by molar-refractivity contribution is -0.161. The maximum Gasteiger partial charge on any atom is 0.472 e. The van der Waals surface area contributed by atoms with E-state index in [9.17, 15) is 19.0 Å². The van der Waals surface area contributed by atoms with Gasteiger partial charge in [0.1, 0.15) is 6.61 Å². The van der Waals surface area contributed by atoms with E-state index in [1.54, 1.807) is 6.92 Å². The van der Waals surface area contributed by atoms with Crippen molar-refractivity contribution in [3.63, 3.8) is 0 Å². The Hall–Kier alpha value is -0.950. The van der Waals surface area contributed by atoms with Crippen molar-refractivity contribution in [1.82, 2.24) is 0 Å². The molecule has 0 saturated heterocycles. The minimum absolute atomic E-state index is 0.00508. The first-order valence-corrected chi connectivity index (χ1v) is 19.3. The first-order chi connectivity index (χ1) is 20.8. The highest BCUT2D eigenvalue weighted by Gasteiger charge is 2.25. The average molecular weight is 635 g/mol. The number of rotatable bonds is 33. The van der Waals surface area contributed by atoms with Gasteiger partial charge in [-0.05, 0) is 19.8 Å². The van der Waals surface area contributed by atoms with Gasteiger partial charge >= 0.3 is 19.8 Å². The molecule has 0 aromatic rings. The third-order valence-electron chi connectivity index (χ3n) is 7.66. The van der Waals surface area contributed by atoms with E-state index in [-0.39, 0.29) is 32.2 Å². The quantitative estimate of drug-likeness (QED) is 0.0431. The molecule has 0 fully saturated rings. The minimum atomic E-state index is -4.26. The van der Waals surface area contributed by atoms with Crippen LogP contribution >= 0.6 is 7.82 Å². The van der Waals surface area contributed by atoms with Crippen LogP contribution in [0.3, 0.4) is 0 Å². The Balaban J connectivity index is 4.16. The van der Waals surface area contributed by atoms with Gasteiger partial charge in [-0.1, -0.05) is 149 Å². The first kappa shape index (κ1) is 42.0. The molecule has 1 N–H and O–H groups in total. The molecule has 0 rings (SSSR count). The number of ether oxygens (including phenoxy) is 2. The normalized spacial score (nSPS) is 13.5. The van der Waals surface area contributed by atoms with Crippen LogP contribution in [0.4, 0.5) is 0 Å². The van der Waals surface area contributed by atoms with Gasteiger partial charge < -0.3 is 14.4 Å². The van der Waals surface area contributed by atoms with E-state index in [4.69, 9.17) is 18.5 Å². The van der Waals surface area contributed by atoms with E-state index < -0.39 is 19.9 Å². The second kappa shape index (κ2) is 31.0. The largest absolute Gasteiger partial charge is 0.472 e. The third kappa shape index (κ3) is 30.8. The number of phosphoric acid groups is 1. The van der Waals surface area contributed by atoms with Crippen molar-refractivity contribution in [2.24, 2.45) is 0 Å². The van der Waals surface area contributed by atoms with Crippen molar-refractivity contribution in [2.75, 3.05) is 19.8 Å². The highest BCUT2D eigenvalue weighted by molar-refractivity contribution is 7.47. The number of carbonyl (C=O) groups excluding carboxylic acids is 2. The Kier molecular flexibility index (Phi) is 30.4. The van der Waals surface area contributed by atoms with Crippen LogP contribution in [-0.2, 0) is 32.7 Å². The Labute approximate surface area is 264 Å². The molecule has 0 aromatic heterocycles. The van der Waals surface area contributed by atoms with E-state index in [1.165, 1.54) is 109 Å². The van der Waals surface area contributed by atoms with Crippen LogP contribution in [0, 0.1) is 0 Å². The second-order valence-corrected chi connectivity index (χ2v) is 13.4. The summed E-state index contributed by atoms with van der Waals surface area (Å²) in [6.07, 6.45) is 27.2. The lowest BCUT2D eigenvalue weighted by Gasteiger charge is -2.19. The molecule has 8 nitrogen and oxygen atoms in total. The summed E-state index contributed by atoms with van der Waals surface area (Å²) in [5, 5.41) is 0. The highest BCUT2D eigenvalue weighted by atomic mass is 31.2. The van der Waals surface area contributed by atoms with Gasteiger partial charge in [-0.2, -0.15) is 0 Å². The summed E-state index contributed by atoms with van der Waals surface area (Å²) in [5.41, 5.74) is 0. The van der Waals surface area contributed by atoms with Crippen molar-refractivity contribution in [2.45, 2.75) is 187 Å². The van der Waals surface area contributed by atoms with Crippen LogP contribution in [-0.4, -0.2) is 42.8 Å². The van der Waals surface area contributed by atoms with E-state index in [1.807, 2.05) is 0 Å². The van der Waals surface area contributed by atoms with E-state index >= 15 is 0 Å². The molecule has 0 amide bonds. The lowest BCUT2D eigenvalue weighted by Crippen LogP contribution is -2.29. The fraction of sp³-hybridized carbons (Fsp3) is 0.941. The maximum atomic E-state index is 12.4. The molecule has 0 spiro atoms. The zero-order chi connectivity index (χ0) is 31.9. The van der Waals surface area contributed by atoms with Gasteiger partial charge in [0.2, 0.25) is 0 Å². The van der Waals surface area contributed by atoms with Gasteiger partial charge in [0.25, 0.3) is 0 Å². The summed E-state index contributed by atoms with van der Waals surface area (Å²) in [5.74, 6) is -0.791. The molecule has 256 valence electrons. The van der Waals surface area contributed by atoms with Crippen LogP contribution in [0.1, 0.15) is 181 Å². The number of phosphoric ester groups is 1. The summed E-state index contributed by atoms with van der Waals surface area (Å²) in [7, 11) is -4.26. The van der Waals surface area contributed by atoms with Crippen molar-refractivity contribution in [3.8, 4) is 0 Å². The van der Waals surface area contributed by atoms with Gasteiger partial charge in [-0.3, -0.25) is 18.6 Å². The Morgan fingerprint density at radius 1 is 0.535 bits per heavy atom. The Bertz CT molecular complexity index is 687. The lowest BCUT2D eigenvalue weighted by atomic mass is 10.0. The number of hydrogen-bond acceptors (Lipinski definition) is 7. The third-order valence-corrected chi connectivity index (χ3v) is 8.72. The summed E-state index contributed by atoms with van der Waals surface area (Å²) in [4.78, 5) is 34.4. The van der Waals surface area contributed by atoms with Crippen molar-refractivity contribution in [3.05, 3.63) is 0 Å². The zero-order valence-electron chi connectivity index (χ0n) is 28.1. The predicted octanol–water partition coefficient (Wildman–Crippen LogP) is 10.4. The minimum Gasteiger partial charge on any atom is -0.462 e. The molecule has 43 heavy (non-hydrogen) atoms. The Morgan fingerprint density at radius 3 is 1.30 bits per heavy atom. The van der Waals surface area contributed by atoms with Crippen molar-refractivity contribution >= 4 is 19.8 Å². The summed E-state index contributed by atoms with van der Waals surface area (Å²) < 4.78 is 32.4. The van der Waals surface area contributed by atoms with E-state index in [0.717, 1.165) is 38.5 Å². The zero-order valence-corrected chi connectivity index (χ0v) is 29.0. The topological polar surface area (TPSA) is 108 Å². The number of unbranched alkanes of at least 4 members (excludes halogenated alkanes) is 21. The SMILES string of the molecule is CCCCCCCCCCCCCCCC(=O)OC(COC(=O)CCCCCCCCCCCC)COP(=O)(O)OCC. The average Bonchev–Trinajstić information content (AvgIpc) is 2.97. The van der Waals surface area contributed by atoms with Crippen molar-refractivity contribution < 1.29 is 37.6 Å². The summed E-state index contributed by atoms with van der Waals surface area (Å²) in [6, 6.07) is 0. The number of esters is 2. The molecule has 2 atom stereocenters. The van der Waals surface area contributed by atoms with E-state index in [0.29, 0.717) is 6.42 Å². The highest BCUT2D eigenvalue weighted by Crippen LogP contribution is 2.43. The molecule has 0 aliphatic heterocycles. The summed E-state index contributed by atoms with van der Waals surface area (Å²) >= 11 is 0. The molecule has 0 radical (unpaired) electrons. The monoisotopic (exact) mass is 634 g/mol. The van der Waals surface area contributed by atoms with Gasteiger partial charge in [0.15, 0.2) is 6.10 Å². The summed E-state index contributed by atoms with van der Waals surface area (Å²) in [6.45, 7) is 5.45. The second-order valence-electron chi connectivity index (χ2n) is 11.9. The number of carbonyl (C=O) groups is 2. The van der Waals surface area contributed by atoms with Crippen LogP contribution in [0.15, 0.2) is 0 Å². The van der Waals surface area contributed by atoms with Gasteiger partial charge in [-0.15, -0.1) is 0 Å². The molecule has 0 saturated carbocycles. The molecule has 0 bridgehead atoms. The Morgan fingerprint density at radius 2 is 0.907 bits per heavy atom. The first-order valence-electron chi connectivity index (χ1n) is 17.8. The molecule has 9 heteroatoms. The molecule has 2 unspecified atom stereocenters. The van der Waals surface area contributed by atoms with Gasteiger partial charge in [0, 0.05) is 12.8 Å². The van der Waals surface area contributed by atoms with Gasteiger partial charge in [-0.25, -0.2) is 4.57 Å². The molecular formula is C34H67O8P. The van der Waals surface area contributed by atoms with Crippen LogP contribution in [0.5, 0.6) is 0 Å². The number of hydrogen-bond donors (Lipinski definition) is 1. The maximum absolute atomic E-state index is 12.4. The van der Waals surface area contributed by atoms with Gasteiger partial charge in [0.05, 0.1) is 13.2 Å². The fourth-order valence-electron chi connectivity index (χ4n) is 5.04. The molecule has 0 aliphatic rings. The molecule has 0 aliphatic carbocycles. The fourth-order valence-corrected chi connectivity index (χ4v) is 5.80. The van der Waals surface area contributed by atoms with Crippen LogP contribution in [0.2, 0.25) is 0 Å². The molecule has 0 heterocycles. The standard InChI is InChI=1S/C34H67O8P/c1-4-7-9-11-13-15-17-18-19-21-23-25-27-29-34(36)42-32(31-41-43(37,38)40-6-3)30-39-33(35)28-26-24-22-20-16-14-12-10-8-5-2/h32H,4-31H2,1-3H3,(H,37,38). The molecular weight excluding hydrogens is 567 g/mol.